The number of pyridine rings is 2. The van der Waals surface area contributed by atoms with E-state index in [2.05, 4.69) is 24.7 Å². The molecule has 103 heavy (non-hydrogen) atoms. The number of imidazole rings is 3. The molecule has 0 N–H and O–H groups in total. The van der Waals surface area contributed by atoms with Gasteiger partial charge in [0.1, 0.15) is 43.7 Å². The summed E-state index contributed by atoms with van der Waals surface area (Å²) in [5, 5.41) is 0.577. The average Bonchev–Trinajstić information content (AvgIpc) is 1.63. The zero-order valence-corrected chi connectivity index (χ0v) is 56.8. The number of rotatable bonds is 16. The fourth-order valence-corrected chi connectivity index (χ4v) is 19.6. The summed E-state index contributed by atoms with van der Waals surface area (Å²) < 4.78 is 202. The highest BCUT2D eigenvalue weighted by Gasteiger charge is 2.46. The number of aromatic nitrogens is 9. The standard InChI is InChI=1S/C73H54F6N12O8S4/c74-72(75,76)98-61-38-50(53-41-87-56-24-11-10-21-52(56)40-89(59(69(87)84-53)36-47-17-6-2-7-18-47)103(96,97)66-26-12-22-49-23-13-32-81-67(49)66)27-29-64(61)101(92,93)90-43-55-57(25-14-31-80-55)88-42-54(85-70(88)60(90)37-48-19-8-3-9-20-48)51-28-30-65(62(39-51)99-73(77,78)79)102(94,95)91-44-63-71(83-45-100-63)86-34-33-82-68(86)58(91)35-46-15-4-1-5-16-46/h1-34,38-39,41-42,45,58-60H,35-37,40,43-44H2. The van der Waals surface area contributed by atoms with E-state index < -0.39 is 88.8 Å². The zero-order valence-electron chi connectivity index (χ0n) is 53.5. The minimum Gasteiger partial charge on any atom is -0.404 e. The number of alkyl halides is 6. The topological polar surface area (TPSA) is 223 Å². The first-order valence-electron chi connectivity index (χ1n) is 32.0. The van der Waals surface area contributed by atoms with E-state index in [0.29, 0.717) is 38.5 Å². The van der Waals surface area contributed by atoms with Crippen molar-refractivity contribution in [1.82, 2.24) is 56.5 Å². The summed E-state index contributed by atoms with van der Waals surface area (Å²) in [5.41, 5.74) is 4.83. The Morgan fingerprint density at radius 1 is 0.447 bits per heavy atom. The summed E-state index contributed by atoms with van der Waals surface area (Å²) in [6, 6.07) is 47.6. The molecule has 3 unspecified atom stereocenters. The molecule has 0 saturated carbocycles. The van der Waals surface area contributed by atoms with Crippen LogP contribution in [-0.2, 0) is 69.0 Å². The Bertz CT molecular complexity index is 5780. The van der Waals surface area contributed by atoms with Crippen molar-refractivity contribution < 1.29 is 61.1 Å². The molecule has 3 atom stereocenters. The third-order valence-electron chi connectivity index (χ3n) is 18.3. The predicted octanol–water partition coefficient (Wildman–Crippen LogP) is 14.2. The summed E-state index contributed by atoms with van der Waals surface area (Å²) in [7, 11) is -14.8. The highest BCUT2D eigenvalue weighted by Crippen LogP contribution is 2.47. The van der Waals surface area contributed by atoms with Gasteiger partial charge in [-0.05, 0) is 96.1 Å². The first-order valence-corrected chi connectivity index (χ1v) is 37.2. The summed E-state index contributed by atoms with van der Waals surface area (Å²) in [4.78, 5) is 26.8. The van der Waals surface area contributed by atoms with Crippen molar-refractivity contribution in [2.45, 2.75) is 84.4 Å². The molecule has 9 heterocycles. The molecule has 0 saturated heterocycles. The van der Waals surface area contributed by atoms with E-state index in [0.717, 1.165) is 49.8 Å². The maximum absolute atomic E-state index is 16.1. The predicted molar refractivity (Wildman–Crippen MR) is 367 cm³/mol. The second-order valence-electron chi connectivity index (χ2n) is 24.6. The van der Waals surface area contributed by atoms with Crippen molar-refractivity contribution in [3.05, 3.63) is 287 Å². The molecule has 0 aliphatic carbocycles. The molecule has 0 radical (unpaired) electrons. The van der Waals surface area contributed by atoms with Gasteiger partial charge >= 0.3 is 12.7 Å². The first-order chi connectivity index (χ1) is 49.5. The Labute approximate surface area is 589 Å². The second-order valence-corrected chi connectivity index (χ2v) is 31.1. The van der Waals surface area contributed by atoms with Crippen molar-refractivity contribution >= 4 is 52.3 Å². The number of benzene rings is 7. The van der Waals surface area contributed by atoms with Crippen molar-refractivity contribution in [3.63, 3.8) is 0 Å². The van der Waals surface area contributed by atoms with Gasteiger partial charge in [0.05, 0.1) is 75.6 Å². The van der Waals surface area contributed by atoms with Crippen LogP contribution in [0.25, 0.3) is 50.6 Å². The number of para-hydroxylation sites is 2. The van der Waals surface area contributed by atoms with E-state index in [1.807, 2.05) is 30.3 Å². The van der Waals surface area contributed by atoms with Crippen LogP contribution in [0.2, 0.25) is 0 Å². The number of sulfonamides is 3. The molecule has 20 nitrogen and oxygen atoms in total. The molecular weight excluding hydrogens is 1420 g/mol. The minimum absolute atomic E-state index is 0.0142. The molecule has 3 aliphatic rings. The van der Waals surface area contributed by atoms with Gasteiger partial charge in [-0.2, -0.15) is 12.9 Å². The number of hydrogen-bond acceptors (Lipinski definition) is 15. The lowest BCUT2D eigenvalue weighted by atomic mass is 10.1. The quantitative estimate of drug-likeness (QED) is 0.0821. The van der Waals surface area contributed by atoms with E-state index in [1.165, 1.54) is 57.4 Å². The van der Waals surface area contributed by atoms with Crippen molar-refractivity contribution in [2.75, 3.05) is 0 Å². The number of halogens is 6. The molecule has 7 aromatic carbocycles. The minimum atomic E-state index is -5.50. The van der Waals surface area contributed by atoms with Crippen molar-refractivity contribution in [2.24, 2.45) is 0 Å². The molecule has 6 aromatic heterocycles. The van der Waals surface area contributed by atoms with Crippen LogP contribution < -0.4 is 9.47 Å². The molecule has 0 bridgehead atoms. The summed E-state index contributed by atoms with van der Waals surface area (Å²) in [6.07, 6.45) is -2.08. The molecule has 30 heteroatoms. The zero-order chi connectivity index (χ0) is 71.2. The van der Waals surface area contributed by atoms with Gasteiger partial charge in [-0.3, -0.25) is 19.1 Å². The molecule has 3 aliphatic heterocycles. The molecular formula is C73H54F6N12O8S4. The van der Waals surface area contributed by atoms with Crippen LogP contribution in [0.5, 0.6) is 11.5 Å². The van der Waals surface area contributed by atoms with Gasteiger partial charge < -0.3 is 14.0 Å². The van der Waals surface area contributed by atoms with E-state index in [1.54, 1.807) is 143 Å². The Morgan fingerprint density at radius 3 is 1.51 bits per heavy atom. The number of ether oxygens (including phenoxy) is 2. The monoisotopic (exact) mass is 1470 g/mol. The van der Waals surface area contributed by atoms with E-state index in [-0.39, 0.29) is 94.1 Å². The van der Waals surface area contributed by atoms with E-state index in [9.17, 15) is 13.2 Å². The lowest BCUT2D eigenvalue weighted by molar-refractivity contribution is -0.276. The molecule has 0 fully saturated rings. The fraction of sp³-hybridized carbons (Fsp3) is 0.151. The summed E-state index contributed by atoms with van der Waals surface area (Å²) >= 11 is 1.15. The molecule has 13 aromatic rings. The SMILES string of the molecule is O=S(=O)(c1ccc(-c2cn3c(n2)C(Cc2ccccc2)N(S(=O)(=O)c2cccc4cccnc24)Cc2ccccc2-3)cc1OC(F)(F)F)N1Cc2ncccc2-n2cc(-c3ccc(S(=O)(=O)N4Cc5scnc5-n5ccnc5C4Cc4ccccc4)c(OC(F)(F)F)c3)nc2C1Cc1ccccc1. The molecule has 0 amide bonds. The maximum Gasteiger partial charge on any atom is 0.573 e. The summed E-state index contributed by atoms with van der Waals surface area (Å²) in [6.45, 7) is -1.02. The Morgan fingerprint density at radius 2 is 0.932 bits per heavy atom. The van der Waals surface area contributed by atoms with Gasteiger partial charge in [0, 0.05) is 60.2 Å². The van der Waals surface area contributed by atoms with Crippen molar-refractivity contribution in [1.29, 1.82) is 0 Å². The van der Waals surface area contributed by atoms with Crippen LogP contribution in [0.3, 0.4) is 0 Å². The van der Waals surface area contributed by atoms with Crippen molar-refractivity contribution in [3.8, 4) is 51.2 Å². The van der Waals surface area contributed by atoms with Gasteiger partial charge in [-0.25, -0.2) is 45.2 Å². The van der Waals surface area contributed by atoms with Crippen LogP contribution in [0, 0.1) is 0 Å². The van der Waals surface area contributed by atoms with Gasteiger partial charge in [-0.1, -0.05) is 140 Å². The van der Waals surface area contributed by atoms with Crippen LogP contribution >= 0.6 is 11.3 Å². The molecule has 0 spiro atoms. The summed E-state index contributed by atoms with van der Waals surface area (Å²) in [5.74, 6) is -1.51. The highest BCUT2D eigenvalue weighted by molar-refractivity contribution is 7.89. The lowest BCUT2D eigenvalue weighted by Gasteiger charge is -2.29. The van der Waals surface area contributed by atoms with Crippen LogP contribution in [0.15, 0.2) is 252 Å². The Kier molecular flexibility index (Phi) is 16.8. The third kappa shape index (κ3) is 12.6. The largest absolute Gasteiger partial charge is 0.573 e. The van der Waals surface area contributed by atoms with E-state index in [4.69, 9.17) is 14.7 Å². The number of nitrogens with zero attached hydrogens (tertiary/aromatic N) is 12. The van der Waals surface area contributed by atoms with Gasteiger partial charge in [0.15, 0.2) is 5.82 Å². The Hall–Kier alpha value is -10.7. The smallest absolute Gasteiger partial charge is 0.404 e. The number of fused-ring (bicyclic) bond motifs is 10. The number of hydrogen-bond donors (Lipinski definition) is 0. The highest BCUT2D eigenvalue weighted by atomic mass is 32.2. The first kappa shape index (κ1) is 66.8. The maximum atomic E-state index is 16.1. The van der Waals surface area contributed by atoms with Gasteiger partial charge in [0.2, 0.25) is 30.1 Å². The van der Waals surface area contributed by atoms with Crippen LogP contribution in [0.4, 0.5) is 26.3 Å². The molecule has 520 valence electrons. The second kappa shape index (κ2) is 26.0. The number of thiazole rings is 1. The van der Waals surface area contributed by atoms with Crippen LogP contribution in [0.1, 0.15) is 68.4 Å². The average molecular weight is 1470 g/mol. The Balaban J connectivity index is 0.809. The van der Waals surface area contributed by atoms with Gasteiger partial charge in [-0.15, -0.1) is 37.7 Å². The fourth-order valence-electron chi connectivity index (χ4n) is 13.7. The van der Waals surface area contributed by atoms with Gasteiger partial charge in [0.25, 0.3) is 0 Å². The molecule has 16 rings (SSSR count). The van der Waals surface area contributed by atoms with Crippen LogP contribution in [-0.4, -0.2) is 94.5 Å². The normalized spacial score (nSPS) is 16.7. The lowest BCUT2D eigenvalue weighted by Crippen LogP contribution is -2.36. The van der Waals surface area contributed by atoms with E-state index >= 15 is 38.4 Å². The third-order valence-corrected chi connectivity index (χ3v) is 24.8.